The molecular weight excluding hydrogens is 336 g/mol. The second-order valence-corrected chi connectivity index (χ2v) is 7.58. The van der Waals surface area contributed by atoms with Gasteiger partial charge < -0.3 is 9.88 Å². The zero-order valence-corrected chi connectivity index (χ0v) is 16.6. The van der Waals surface area contributed by atoms with Crippen molar-refractivity contribution in [3.63, 3.8) is 0 Å². The van der Waals surface area contributed by atoms with Crippen LogP contribution < -0.4 is 10.5 Å². The lowest BCUT2D eigenvalue weighted by atomic mass is 10.1. The molecule has 140 valence electrons. The summed E-state index contributed by atoms with van der Waals surface area (Å²) >= 11 is 0. The zero-order chi connectivity index (χ0) is 19.7. The summed E-state index contributed by atoms with van der Waals surface area (Å²) in [6, 6.07) is 13.9. The number of carbonyl (C=O) groups excluding carboxylic acids is 1. The first kappa shape index (κ1) is 18.9. The molecule has 4 nitrogen and oxygen atoms in total. The maximum atomic E-state index is 12.9. The number of rotatable bonds is 4. The van der Waals surface area contributed by atoms with E-state index in [0.717, 1.165) is 33.3 Å². The number of anilines is 1. The molecule has 0 aliphatic heterocycles. The van der Waals surface area contributed by atoms with Crippen molar-refractivity contribution in [3.8, 4) is 0 Å². The molecule has 1 N–H and O–H groups in total. The summed E-state index contributed by atoms with van der Waals surface area (Å²) in [5.74, 6) is -0.154. The van der Waals surface area contributed by atoms with Crippen molar-refractivity contribution < 1.29 is 4.79 Å². The number of H-pyrrole nitrogens is 1. The van der Waals surface area contributed by atoms with E-state index in [1.54, 1.807) is 4.90 Å². The van der Waals surface area contributed by atoms with Crippen molar-refractivity contribution in [3.05, 3.63) is 75.1 Å². The van der Waals surface area contributed by atoms with Crippen LogP contribution in [0.2, 0.25) is 0 Å². The van der Waals surface area contributed by atoms with Crippen LogP contribution in [-0.2, 0) is 11.3 Å². The van der Waals surface area contributed by atoms with Gasteiger partial charge in [-0.15, -0.1) is 0 Å². The molecule has 0 bridgehead atoms. The highest BCUT2D eigenvalue weighted by Gasteiger charge is 2.22. The Morgan fingerprint density at radius 1 is 1.00 bits per heavy atom. The lowest BCUT2D eigenvalue weighted by molar-refractivity contribution is -0.121. The molecule has 0 saturated carbocycles. The summed E-state index contributed by atoms with van der Waals surface area (Å²) < 4.78 is 0. The molecule has 27 heavy (non-hydrogen) atoms. The fourth-order valence-corrected chi connectivity index (χ4v) is 3.35. The van der Waals surface area contributed by atoms with E-state index in [4.69, 9.17) is 0 Å². The van der Waals surface area contributed by atoms with Crippen molar-refractivity contribution in [2.45, 2.75) is 41.2 Å². The molecule has 1 heterocycles. The molecule has 0 atom stereocenters. The van der Waals surface area contributed by atoms with Crippen LogP contribution in [0.15, 0.2) is 47.3 Å². The third-order valence-electron chi connectivity index (χ3n) is 4.81. The molecule has 4 heteroatoms. The van der Waals surface area contributed by atoms with Crippen LogP contribution in [0.1, 0.15) is 36.1 Å². The van der Waals surface area contributed by atoms with Gasteiger partial charge in [-0.2, -0.15) is 0 Å². The van der Waals surface area contributed by atoms with E-state index in [-0.39, 0.29) is 23.9 Å². The Kier molecular flexibility index (Phi) is 5.17. The fraction of sp³-hybridized carbons (Fsp3) is 0.304. The van der Waals surface area contributed by atoms with Crippen molar-refractivity contribution in [2.24, 2.45) is 5.92 Å². The predicted molar refractivity (Wildman–Crippen MR) is 111 cm³/mol. The molecule has 1 amide bonds. The van der Waals surface area contributed by atoms with E-state index in [2.05, 4.69) is 11.1 Å². The highest BCUT2D eigenvalue weighted by Crippen LogP contribution is 2.25. The molecule has 0 aliphatic carbocycles. The van der Waals surface area contributed by atoms with Crippen LogP contribution in [0, 0.1) is 26.7 Å². The molecule has 0 fully saturated rings. The number of pyridine rings is 1. The average Bonchev–Trinajstić information content (AvgIpc) is 2.60. The number of benzene rings is 2. The number of nitrogens with zero attached hydrogens (tertiary/aromatic N) is 1. The van der Waals surface area contributed by atoms with E-state index in [1.807, 2.05) is 71.0 Å². The topological polar surface area (TPSA) is 53.2 Å². The molecule has 0 radical (unpaired) electrons. The van der Waals surface area contributed by atoms with Gasteiger partial charge in [0.15, 0.2) is 0 Å². The van der Waals surface area contributed by atoms with Gasteiger partial charge in [-0.25, -0.2) is 0 Å². The number of aromatic amines is 1. The smallest absolute Gasteiger partial charge is 0.253 e. The number of aromatic nitrogens is 1. The van der Waals surface area contributed by atoms with Gasteiger partial charge in [0.25, 0.3) is 5.56 Å². The predicted octanol–water partition coefficient (Wildman–Crippen LogP) is 4.64. The maximum absolute atomic E-state index is 12.9. The molecule has 0 unspecified atom stereocenters. The number of aryl methyl sites for hydroxylation is 3. The van der Waals surface area contributed by atoms with E-state index < -0.39 is 0 Å². The van der Waals surface area contributed by atoms with Gasteiger partial charge in [-0.3, -0.25) is 9.59 Å². The molecular formula is C23H26N2O2. The molecule has 2 aromatic carbocycles. The normalized spacial score (nSPS) is 11.2. The van der Waals surface area contributed by atoms with E-state index in [9.17, 15) is 9.59 Å². The number of carbonyl (C=O) groups is 1. The van der Waals surface area contributed by atoms with Gasteiger partial charge in [0.05, 0.1) is 6.54 Å². The summed E-state index contributed by atoms with van der Waals surface area (Å²) in [7, 11) is 0. The zero-order valence-electron chi connectivity index (χ0n) is 16.6. The second-order valence-electron chi connectivity index (χ2n) is 7.58. The Hall–Kier alpha value is -2.88. The fourth-order valence-electron chi connectivity index (χ4n) is 3.35. The Morgan fingerprint density at radius 3 is 2.33 bits per heavy atom. The molecule has 3 aromatic rings. The van der Waals surface area contributed by atoms with Crippen molar-refractivity contribution in [1.29, 1.82) is 0 Å². The molecule has 0 aliphatic rings. The number of hydrogen-bond acceptors (Lipinski definition) is 2. The van der Waals surface area contributed by atoms with Crippen LogP contribution in [0.3, 0.4) is 0 Å². The molecule has 0 saturated heterocycles. The molecule has 3 rings (SSSR count). The third-order valence-corrected chi connectivity index (χ3v) is 4.81. The quantitative estimate of drug-likeness (QED) is 0.735. The monoisotopic (exact) mass is 362 g/mol. The number of nitrogens with one attached hydrogen (secondary N) is 1. The summed E-state index contributed by atoms with van der Waals surface area (Å²) in [6.45, 7) is 10.0. The van der Waals surface area contributed by atoms with Crippen LogP contribution >= 0.6 is 0 Å². The Balaban J connectivity index is 2.08. The molecule has 0 spiro atoms. The first-order chi connectivity index (χ1) is 12.8. The Morgan fingerprint density at radius 2 is 1.67 bits per heavy atom. The van der Waals surface area contributed by atoms with Crippen molar-refractivity contribution in [2.75, 3.05) is 4.90 Å². The highest BCUT2D eigenvalue weighted by molar-refractivity contribution is 5.95. The maximum Gasteiger partial charge on any atom is 0.253 e. The minimum absolute atomic E-state index is 0.00496. The number of fused-ring (bicyclic) bond motifs is 1. The lowest BCUT2D eigenvalue weighted by Gasteiger charge is -2.26. The van der Waals surface area contributed by atoms with E-state index in [0.29, 0.717) is 5.56 Å². The molecule has 1 aromatic heterocycles. The van der Waals surface area contributed by atoms with E-state index in [1.165, 1.54) is 0 Å². The first-order valence-corrected chi connectivity index (χ1v) is 9.27. The van der Waals surface area contributed by atoms with Crippen LogP contribution in [0.5, 0.6) is 0 Å². The number of amides is 1. The SMILES string of the molecule is Cc1ccc(N(Cc2cc3ccc(C)cc3[nH]c2=O)C(=O)C(C)C)c(C)c1. The Labute approximate surface area is 159 Å². The van der Waals surface area contributed by atoms with Crippen molar-refractivity contribution in [1.82, 2.24) is 4.98 Å². The minimum Gasteiger partial charge on any atom is -0.322 e. The second kappa shape index (κ2) is 7.39. The van der Waals surface area contributed by atoms with Crippen molar-refractivity contribution >= 4 is 22.5 Å². The van der Waals surface area contributed by atoms with E-state index >= 15 is 0 Å². The summed E-state index contributed by atoms with van der Waals surface area (Å²) in [5.41, 5.74) is 5.36. The van der Waals surface area contributed by atoms with Gasteiger partial charge in [-0.05, 0) is 55.5 Å². The van der Waals surface area contributed by atoms with Gasteiger partial charge in [0, 0.05) is 22.7 Å². The Bertz CT molecular complexity index is 1060. The third kappa shape index (κ3) is 3.95. The van der Waals surface area contributed by atoms with Gasteiger partial charge in [0.2, 0.25) is 5.91 Å². The first-order valence-electron chi connectivity index (χ1n) is 9.27. The van der Waals surface area contributed by atoms with Crippen LogP contribution in [0.25, 0.3) is 10.9 Å². The number of hydrogen-bond donors (Lipinski definition) is 1. The minimum atomic E-state index is -0.159. The lowest BCUT2D eigenvalue weighted by Crippen LogP contribution is -2.36. The summed E-state index contributed by atoms with van der Waals surface area (Å²) in [5, 5.41) is 0.966. The van der Waals surface area contributed by atoms with Gasteiger partial charge in [0.1, 0.15) is 0 Å². The summed E-state index contributed by atoms with van der Waals surface area (Å²) in [4.78, 5) is 30.2. The standard InChI is InChI=1S/C23H26N2O2/c1-14(2)23(27)25(21-9-7-15(3)10-17(21)5)13-19-12-18-8-6-16(4)11-20(18)24-22(19)26/h6-12,14H,13H2,1-5H3,(H,24,26). The van der Waals surface area contributed by atoms with Crippen LogP contribution in [0.4, 0.5) is 5.69 Å². The average molecular weight is 362 g/mol. The summed E-state index contributed by atoms with van der Waals surface area (Å²) in [6.07, 6.45) is 0. The van der Waals surface area contributed by atoms with Crippen LogP contribution in [-0.4, -0.2) is 10.9 Å². The highest BCUT2D eigenvalue weighted by atomic mass is 16.2. The van der Waals surface area contributed by atoms with Gasteiger partial charge >= 0.3 is 0 Å². The largest absolute Gasteiger partial charge is 0.322 e. The van der Waals surface area contributed by atoms with Gasteiger partial charge in [-0.1, -0.05) is 43.7 Å².